The van der Waals surface area contributed by atoms with Crippen LogP contribution < -0.4 is 4.74 Å². The highest BCUT2D eigenvalue weighted by molar-refractivity contribution is 7.98. The molecule has 0 aliphatic carbocycles. The fraction of sp³-hybridized carbons (Fsp3) is 0.286. The number of allylic oxidation sites excluding steroid dienone is 1. The molecule has 1 heterocycles. The van der Waals surface area contributed by atoms with Crippen LogP contribution in [-0.4, -0.2) is 26.8 Å². The largest absolute Gasteiger partial charge is 0.496 e. The van der Waals surface area contributed by atoms with E-state index in [1.54, 1.807) is 19.3 Å². The van der Waals surface area contributed by atoms with Crippen molar-refractivity contribution < 1.29 is 9.66 Å². The number of ether oxygens (including phenoxy) is 1. The molecule has 0 bridgehead atoms. The maximum absolute atomic E-state index is 10.9. The number of methoxy groups -OCH3 is 1. The van der Waals surface area contributed by atoms with Crippen molar-refractivity contribution in [1.29, 1.82) is 0 Å². The van der Waals surface area contributed by atoms with Crippen LogP contribution in [-0.2, 0) is 12.3 Å². The van der Waals surface area contributed by atoms with Gasteiger partial charge in [0.15, 0.2) is 5.16 Å². The number of rotatable bonds is 7. The Labute approximate surface area is 132 Å². The first kappa shape index (κ1) is 16.0. The average molecular weight is 320 g/mol. The number of non-ortho nitro benzene ring substituents is 1. The van der Waals surface area contributed by atoms with Gasteiger partial charge in [-0.2, -0.15) is 0 Å². The van der Waals surface area contributed by atoms with Gasteiger partial charge in [0, 0.05) is 30.0 Å². The van der Waals surface area contributed by atoms with Crippen molar-refractivity contribution in [1.82, 2.24) is 14.8 Å². The lowest BCUT2D eigenvalue weighted by Crippen LogP contribution is -2.00. The topological polar surface area (TPSA) is 83.1 Å². The quantitative estimate of drug-likeness (QED) is 0.337. The zero-order valence-corrected chi connectivity index (χ0v) is 13.2. The Balaban J connectivity index is 2.22. The first-order valence-electron chi connectivity index (χ1n) is 6.51. The summed E-state index contributed by atoms with van der Waals surface area (Å²) in [5, 5.41) is 19.8. The van der Waals surface area contributed by atoms with Gasteiger partial charge in [-0.25, -0.2) is 0 Å². The third-order valence-electron chi connectivity index (χ3n) is 3.05. The van der Waals surface area contributed by atoms with Gasteiger partial charge >= 0.3 is 0 Å². The van der Waals surface area contributed by atoms with Crippen molar-refractivity contribution in [3.8, 4) is 5.75 Å². The maximum atomic E-state index is 10.9. The van der Waals surface area contributed by atoms with E-state index in [0.29, 0.717) is 18.0 Å². The second kappa shape index (κ2) is 7.08. The second-order valence-electron chi connectivity index (χ2n) is 4.47. The smallest absolute Gasteiger partial charge is 0.270 e. The standard InChI is InChI=1S/C14H16N4O3S/c1-4-7-17-10(2)15-16-14(17)22-9-11-8-12(18(19)20)5-6-13(11)21-3/h4-6,8H,1,7,9H2,2-3H3. The summed E-state index contributed by atoms with van der Waals surface area (Å²) in [5.41, 5.74) is 0.785. The summed E-state index contributed by atoms with van der Waals surface area (Å²) in [6.45, 7) is 6.20. The van der Waals surface area contributed by atoms with E-state index in [-0.39, 0.29) is 5.69 Å². The molecule has 0 saturated heterocycles. The van der Waals surface area contributed by atoms with E-state index in [0.717, 1.165) is 16.5 Å². The van der Waals surface area contributed by atoms with Gasteiger partial charge in [-0.15, -0.1) is 16.8 Å². The molecular weight excluding hydrogens is 304 g/mol. The third kappa shape index (κ3) is 3.45. The summed E-state index contributed by atoms with van der Waals surface area (Å²) in [6.07, 6.45) is 1.77. The highest BCUT2D eigenvalue weighted by Crippen LogP contribution is 2.30. The Kier molecular flexibility index (Phi) is 5.16. The predicted molar refractivity (Wildman–Crippen MR) is 84.2 cm³/mol. The van der Waals surface area contributed by atoms with E-state index in [1.165, 1.54) is 23.9 Å². The lowest BCUT2D eigenvalue weighted by atomic mass is 10.2. The Hall–Kier alpha value is -2.35. The van der Waals surface area contributed by atoms with Crippen molar-refractivity contribution in [3.63, 3.8) is 0 Å². The molecule has 8 heteroatoms. The fourth-order valence-electron chi connectivity index (χ4n) is 1.94. The third-order valence-corrected chi connectivity index (χ3v) is 4.06. The molecule has 2 rings (SSSR count). The molecule has 0 saturated carbocycles. The Morgan fingerprint density at radius 2 is 2.27 bits per heavy atom. The summed E-state index contributed by atoms with van der Waals surface area (Å²) in [4.78, 5) is 10.5. The zero-order chi connectivity index (χ0) is 16.1. The number of aryl methyl sites for hydroxylation is 1. The van der Waals surface area contributed by atoms with Crippen LogP contribution in [0.1, 0.15) is 11.4 Å². The van der Waals surface area contributed by atoms with Crippen molar-refractivity contribution in [2.24, 2.45) is 0 Å². The first-order valence-corrected chi connectivity index (χ1v) is 7.50. The summed E-state index contributed by atoms with van der Waals surface area (Å²) >= 11 is 1.45. The number of nitro groups is 1. The average Bonchev–Trinajstić information content (AvgIpc) is 2.86. The molecule has 22 heavy (non-hydrogen) atoms. The number of aromatic nitrogens is 3. The number of thioether (sulfide) groups is 1. The molecule has 1 aromatic heterocycles. The molecule has 0 spiro atoms. The number of benzene rings is 1. The minimum Gasteiger partial charge on any atom is -0.496 e. The number of hydrogen-bond acceptors (Lipinski definition) is 6. The molecule has 0 aliphatic rings. The van der Waals surface area contributed by atoms with Gasteiger partial charge in [-0.1, -0.05) is 17.8 Å². The summed E-state index contributed by atoms with van der Waals surface area (Å²) in [6, 6.07) is 4.55. The van der Waals surface area contributed by atoms with E-state index in [1.807, 2.05) is 11.5 Å². The second-order valence-corrected chi connectivity index (χ2v) is 5.41. The van der Waals surface area contributed by atoms with E-state index in [4.69, 9.17) is 4.74 Å². The molecule has 2 aromatic rings. The normalized spacial score (nSPS) is 10.5. The van der Waals surface area contributed by atoms with Gasteiger partial charge in [0.1, 0.15) is 11.6 Å². The lowest BCUT2D eigenvalue weighted by Gasteiger charge is -2.09. The highest BCUT2D eigenvalue weighted by Gasteiger charge is 2.14. The van der Waals surface area contributed by atoms with Crippen molar-refractivity contribution in [3.05, 3.63) is 52.4 Å². The minimum absolute atomic E-state index is 0.0418. The SMILES string of the molecule is C=CCn1c(C)nnc1SCc1cc([N+](=O)[O-])ccc1OC. The van der Waals surface area contributed by atoms with Crippen LogP contribution in [0.4, 0.5) is 5.69 Å². The fourth-order valence-corrected chi connectivity index (χ4v) is 2.91. The predicted octanol–water partition coefficient (Wildman–Crippen LogP) is 2.98. The van der Waals surface area contributed by atoms with Crippen LogP contribution >= 0.6 is 11.8 Å². The zero-order valence-electron chi connectivity index (χ0n) is 12.4. The lowest BCUT2D eigenvalue weighted by molar-refractivity contribution is -0.384. The van der Waals surface area contributed by atoms with E-state index >= 15 is 0 Å². The van der Waals surface area contributed by atoms with Crippen LogP contribution in [0.2, 0.25) is 0 Å². The summed E-state index contributed by atoms with van der Waals surface area (Å²) < 4.78 is 7.19. The molecule has 116 valence electrons. The van der Waals surface area contributed by atoms with Gasteiger partial charge in [-0.05, 0) is 13.0 Å². The molecule has 1 aromatic carbocycles. The molecule has 0 fully saturated rings. The number of hydrogen-bond donors (Lipinski definition) is 0. The Bertz CT molecular complexity index is 699. The maximum Gasteiger partial charge on any atom is 0.270 e. The van der Waals surface area contributed by atoms with Crippen LogP contribution in [0.25, 0.3) is 0 Å². The molecule has 7 nitrogen and oxygen atoms in total. The number of nitrogens with zero attached hydrogens (tertiary/aromatic N) is 4. The molecule has 0 amide bonds. The summed E-state index contributed by atoms with van der Waals surface area (Å²) in [5.74, 6) is 1.91. The molecule has 0 atom stereocenters. The highest BCUT2D eigenvalue weighted by atomic mass is 32.2. The summed E-state index contributed by atoms with van der Waals surface area (Å²) in [7, 11) is 1.54. The molecule has 0 N–H and O–H groups in total. The van der Waals surface area contributed by atoms with Gasteiger partial charge in [0.25, 0.3) is 5.69 Å². The van der Waals surface area contributed by atoms with Gasteiger partial charge in [0.2, 0.25) is 0 Å². The monoisotopic (exact) mass is 320 g/mol. The molecular formula is C14H16N4O3S. The molecule has 0 aliphatic heterocycles. The van der Waals surface area contributed by atoms with Crippen molar-refractivity contribution in [2.45, 2.75) is 24.4 Å². The number of nitro benzene ring substituents is 1. The Morgan fingerprint density at radius 1 is 1.50 bits per heavy atom. The molecule has 0 radical (unpaired) electrons. The van der Waals surface area contributed by atoms with Gasteiger partial charge in [0.05, 0.1) is 12.0 Å². The minimum atomic E-state index is -0.419. The van der Waals surface area contributed by atoms with Crippen LogP contribution in [0.3, 0.4) is 0 Å². The Morgan fingerprint density at radius 3 is 2.91 bits per heavy atom. The van der Waals surface area contributed by atoms with Crippen molar-refractivity contribution in [2.75, 3.05) is 7.11 Å². The van der Waals surface area contributed by atoms with Gasteiger partial charge in [-0.3, -0.25) is 10.1 Å². The van der Waals surface area contributed by atoms with E-state index in [9.17, 15) is 10.1 Å². The first-order chi connectivity index (χ1) is 10.6. The van der Waals surface area contributed by atoms with Crippen LogP contribution in [0.5, 0.6) is 5.75 Å². The van der Waals surface area contributed by atoms with Crippen LogP contribution in [0.15, 0.2) is 36.0 Å². The van der Waals surface area contributed by atoms with E-state index < -0.39 is 4.92 Å². The van der Waals surface area contributed by atoms with Gasteiger partial charge < -0.3 is 9.30 Å². The van der Waals surface area contributed by atoms with E-state index in [2.05, 4.69) is 16.8 Å². The van der Waals surface area contributed by atoms with Crippen molar-refractivity contribution >= 4 is 17.4 Å². The van der Waals surface area contributed by atoms with Crippen LogP contribution in [0, 0.1) is 17.0 Å². The molecule has 0 unspecified atom stereocenters.